The minimum absolute atomic E-state index is 0.166. The van der Waals surface area contributed by atoms with Gasteiger partial charge in [0.1, 0.15) is 5.82 Å². The van der Waals surface area contributed by atoms with Crippen molar-refractivity contribution in [3.8, 4) is 0 Å². The largest absolute Gasteiger partial charge is 0.345 e. The zero-order chi connectivity index (χ0) is 11.7. The molecule has 0 saturated carbocycles. The molecule has 17 heavy (non-hydrogen) atoms. The van der Waals surface area contributed by atoms with E-state index in [1.807, 2.05) is 6.07 Å². The molecule has 0 radical (unpaired) electrons. The molecular weight excluding hydrogens is 215 g/mol. The van der Waals surface area contributed by atoms with Crippen molar-refractivity contribution in [2.75, 3.05) is 0 Å². The van der Waals surface area contributed by atoms with E-state index >= 15 is 0 Å². The molecular formula is C14H13FN2. The Morgan fingerprint density at radius 1 is 1.29 bits per heavy atom. The number of nitrogens with one attached hydrogen (secondary N) is 1. The zero-order valence-electron chi connectivity index (χ0n) is 9.41. The van der Waals surface area contributed by atoms with E-state index in [-0.39, 0.29) is 5.82 Å². The smallest absolute Gasteiger partial charge is 0.123 e. The lowest BCUT2D eigenvalue weighted by atomic mass is 9.87. The summed E-state index contributed by atoms with van der Waals surface area (Å²) < 4.78 is 13.3. The van der Waals surface area contributed by atoms with Crippen LogP contribution in [0.4, 0.5) is 4.39 Å². The Labute approximate surface area is 99.2 Å². The first-order valence-electron chi connectivity index (χ1n) is 5.81. The highest BCUT2D eigenvalue weighted by molar-refractivity contribution is 5.82. The zero-order valence-corrected chi connectivity index (χ0v) is 9.41. The Morgan fingerprint density at radius 3 is 3.06 bits per heavy atom. The molecule has 0 saturated heterocycles. The van der Waals surface area contributed by atoms with Crippen LogP contribution in [0.15, 0.2) is 30.7 Å². The molecule has 0 fully saturated rings. The summed E-state index contributed by atoms with van der Waals surface area (Å²) in [5.74, 6) is -0.166. The number of allylic oxidation sites excluding steroid dienone is 1. The summed E-state index contributed by atoms with van der Waals surface area (Å²) in [5.41, 5.74) is 4.45. The third-order valence-electron chi connectivity index (χ3n) is 3.16. The van der Waals surface area contributed by atoms with Gasteiger partial charge in [-0.1, -0.05) is 6.07 Å². The van der Waals surface area contributed by atoms with Crippen molar-refractivity contribution in [1.82, 2.24) is 9.97 Å². The second kappa shape index (κ2) is 4.17. The van der Waals surface area contributed by atoms with Gasteiger partial charge in [0.15, 0.2) is 0 Å². The maximum atomic E-state index is 13.3. The van der Waals surface area contributed by atoms with Crippen molar-refractivity contribution in [3.63, 3.8) is 0 Å². The van der Waals surface area contributed by atoms with Crippen molar-refractivity contribution >= 4 is 11.6 Å². The van der Waals surface area contributed by atoms with Gasteiger partial charge >= 0.3 is 0 Å². The summed E-state index contributed by atoms with van der Waals surface area (Å²) in [4.78, 5) is 7.04. The van der Waals surface area contributed by atoms with Gasteiger partial charge in [0.05, 0.1) is 18.2 Å². The number of imidazole rings is 1. The van der Waals surface area contributed by atoms with Crippen LogP contribution in [0.1, 0.15) is 29.7 Å². The number of fused-ring (bicyclic) bond motifs is 1. The molecule has 0 aliphatic heterocycles. The van der Waals surface area contributed by atoms with Crippen LogP contribution < -0.4 is 0 Å². The summed E-state index contributed by atoms with van der Waals surface area (Å²) in [6, 6.07) is 5.07. The summed E-state index contributed by atoms with van der Waals surface area (Å²) in [6.07, 6.45) is 8.65. The van der Waals surface area contributed by atoms with Gasteiger partial charge in [0.25, 0.3) is 0 Å². The Balaban J connectivity index is 2.07. The fraction of sp³-hybridized carbons (Fsp3) is 0.214. The van der Waals surface area contributed by atoms with Gasteiger partial charge in [0, 0.05) is 0 Å². The van der Waals surface area contributed by atoms with Gasteiger partial charge in [-0.15, -0.1) is 0 Å². The van der Waals surface area contributed by atoms with E-state index in [1.165, 1.54) is 17.2 Å². The Morgan fingerprint density at radius 2 is 2.24 bits per heavy atom. The molecule has 3 heteroatoms. The first-order valence-corrected chi connectivity index (χ1v) is 5.81. The van der Waals surface area contributed by atoms with Crippen molar-refractivity contribution < 1.29 is 4.39 Å². The van der Waals surface area contributed by atoms with E-state index in [1.54, 1.807) is 18.6 Å². The highest BCUT2D eigenvalue weighted by Crippen LogP contribution is 2.32. The van der Waals surface area contributed by atoms with Crippen LogP contribution in [-0.2, 0) is 6.42 Å². The topological polar surface area (TPSA) is 28.7 Å². The molecule has 1 aliphatic carbocycles. The van der Waals surface area contributed by atoms with Gasteiger partial charge in [0.2, 0.25) is 0 Å². The lowest BCUT2D eigenvalue weighted by Crippen LogP contribution is -2.02. The average molecular weight is 228 g/mol. The standard InChI is InChI=1S/C14H13FN2/c15-12-5-4-10-2-1-3-11(14(10)7-12)6-13-8-16-9-17-13/h4-9H,1-3H2,(H,16,17). The predicted molar refractivity (Wildman–Crippen MR) is 65.8 cm³/mol. The van der Waals surface area contributed by atoms with Gasteiger partial charge in [-0.05, 0) is 54.2 Å². The van der Waals surface area contributed by atoms with Gasteiger partial charge in [-0.3, -0.25) is 0 Å². The minimum Gasteiger partial charge on any atom is -0.345 e. The lowest BCUT2D eigenvalue weighted by Gasteiger charge is -2.18. The monoisotopic (exact) mass is 228 g/mol. The molecule has 0 bridgehead atoms. The summed E-state index contributed by atoms with van der Waals surface area (Å²) in [6.45, 7) is 0. The summed E-state index contributed by atoms with van der Waals surface area (Å²) >= 11 is 0. The Kier molecular flexibility index (Phi) is 2.52. The molecule has 0 spiro atoms. The van der Waals surface area contributed by atoms with Gasteiger partial charge in [-0.25, -0.2) is 9.37 Å². The number of hydrogen-bond donors (Lipinski definition) is 1. The van der Waals surface area contributed by atoms with Crippen LogP contribution in [-0.4, -0.2) is 9.97 Å². The molecule has 1 N–H and O–H groups in total. The van der Waals surface area contributed by atoms with E-state index in [4.69, 9.17) is 0 Å². The van der Waals surface area contributed by atoms with Crippen molar-refractivity contribution in [3.05, 3.63) is 53.4 Å². The average Bonchev–Trinajstić information content (AvgIpc) is 2.83. The number of aryl methyl sites for hydroxylation is 1. The van der Waals surface area contributed by atoms with Crippen LogP contribution in [0, 0.1) is 5.82 Å². The molecule has 2 nitrogen and oxygen atoms in total. The van der Waals surface area contributed by atoms with Crippen LogP contribution in [0.5, 0.6) is 0 Å². The minimum atomic E-state index is -0.166. The Hall–Kier alpha value is -1.90. The SMILES string of the molecule is Fc1ccc2c(c1)C(=Cc1cnc[nH]1)CCC2. The predicted octanol–water partition coefficient (Wildman–Crippen LogP) is 3.43. The van der Waals surface area contributed by atoms with Crippen LogP contribution >= 0.6 is 0 Å². The van der Waals surface area contributed by atoms with Gasteiger partial charge in [-0.2, -0.15) is 0 Å². The molecule has 0 atom stereocenters. The molecule has 2 aromatic rings. The first-order chi connectivity index (χ1) is 8.33. The highest BCUT2D eigenvalue weighted by Gasteiger charge is 2.14. The second-order valence-corrected chi connectivity index (χ2v) is 4.33. The molecule has 3 rings (SSSR count). The summed E-state index contributed by atoms with van der Waals surface area (Å²) in [7, 11) is 0. The molecule has 86 valence electrons. The third-order valence-corrected chi connectivity index (χ3v) is 3.16. The van der Waals surface area contributed by atoms with Crippen LogP contribution in [0.25, 0.3) is 11.6 Å². The van der Waals surface area contributed by atoms with Crippen molar-refractivity contribution in [2.45, 2.75) is 19.3 Å². The normalized spacial score (nSPS) is 17.1. The number of hydrogen-bond acceptors (Lipinski definition) is 1. The van der Waals surface area contributed by atoms with Crippen molar-refractivity contribution in [2.24, 2.45) is 0 Å². The van der Waals surface area contributed by atoms with E-state index in [0.29, 0.717) is 0 Å². The fourth-order valence-electron chi connectivity index (χ4n) is 2.35. The number of benzene rings is 1. The van der Waals surface area contributed by atoms with Gasteiger partial charge < -0.3 is 4.98 Å². The molecule has 1 heterocycles. The van der Waals surface area contributed by atoms with E-state index < -0.39 is 0 Å². The quantitative estimate of drug-likeness (QED) is 0.796. The fourth-order valence-corrected chi connectivity index (χ4v) is 2.35. The highest BCUT2D eigenvalue weighted by atomic mass is 19.1. The Bertz CT molecular complexity index is 556. The molecule has 0 amide bonds. The number of aromatic nitrogens is 2. The number of aromatic amines is 1. The molecule has 1 aromatic carbocycles. The molecule has 1 aromatic heterocycles. The van der Waals surface area contributed by atoms with Crippen LogP contribution in [0.2, 0.25) is 0 Å². The van der Waals surface area contributed by atoms with Crippen LogP contribution in [0.3, 0.4) is 0 Å². The lowest BCUT2D eigenvalue weighted by molar-refractivity contribution is 0.625. The van der Waals surface area contributed by atoms with E-state index in [2.05, 4.69) is 16.0 Å². The number of nitrogens with zero attached hydrogens (tertiary/aromatic N) is 1. The second-order valence-electron chi connectivity index (χ2n) is 4.33. The first kappa shape index (κ1) is 10.3. The number of rotatable bonds is 1. The van der Waals surface area contributed by atoms with E-state index in [0.717, 1.165) is 30.5 Å². The molecule has 1 aliphatic rings. The third kappa shape index (κ3) is 2.00. The maximum absolute atomic E-state index is 13.3. The maximum Gasteiger partial charge on any atom is 0.123 e. The number of halogens is 1. The van der Waals surface area contributed by atoms with Crippen molar-refractivity contribution in [1.29, 1.82) is 0 Å². The van der Waals surface area contributed by atoms with E-state index in [9.17, 15) is 4.39 Å². The molecule has 0 unspecified atom stereocenters. The summed E-state index contributed by atoms with van der Waals surface area (Å²) in [5, 5.41) is 0. The number of H-pyrrole nitrogens is 1.